The van der Waals surface area contributed by atoms with E-state index in [1.165, 1.54) is 199 Å². The van der Waals surface area contributed by atoms with Gasteiger partial charge in [0.1, 0.15) is 13.2 Å². The van der Waals surface area contributed by atoms with Crippen LogP contribution in [-0.2, 0) is 28.6 Å². The number of hydrogen-bond acceptors (Lipinski definition) is 6. The zero-order valence-corrected chi connectivity index (χ0v) is 46.1. The Morgan fingerprint density at radius 2 is 0.522 bits per heavy atom. The minimum absolute atomic E-state index is 0.0769. The predicted molar refractivity (Wildman–Crippen MR) is 298 cm³/mol. The average molecular weight is 968 g/mol. The lowest BCUT2D eigenvalue weighted by atomic mass is 10.1. The highest BCUT2D eigenvalue weighted by Crippen LogP contribution is 2.16. The molecule has 0 rings (SSSR count). The second kappa shape index (κ2) is 57.9. The highest BCUT2D eigenvalue weighted by molar-refractivity contribution is 5.71. The van der Waals surface area contributed by atoms with E-state index in [2.05, 4.69) is 69.4 Å². The van der Waals surface area contributed by atoms with Gasteiger partial charge in [0, 0.05) is 19.3 Å². The Morgan fingerprint density at radius 3 is 0.855 bits per heavy atom. The summed E-state index contributed by atoms with van der Waals surface area (Å²) in [6, 6.07) is 0. The van der Waals surface area contributed by atoms with Crippen LogP contribution in [0, 0.1) is 0 Å². The van der Waals surface area contributed by atoms with Crippen molar-refractivity contribution in [3.05, 3.63) is 48.6 Å². The van der Waals surface area contributed by atoms with Crippen molar-refractivity contribution in [1.29, 1.82) is 0 Å². The maximum absolute atomic E-state index is 12.8. The van der Waals surface area contributed by atoms with Crippen LogP contribution in [0.2, 0.25) is 0 Å². The monoisotopic (exact) mass is 967 g/mol. The SMILES string of the molecule is CCCCC/C=C\C/C=C\CCCCCCCCCCCC(=O)OC[C@H](COC(=O)CCCCCCCCCCC/C=C\CCCCCCCC)OC(=O)CCCCCCC/C=C\CCCCCC. The van der Waals surface area contributed by atoms with E-state index in [9.17, 15) is 14.4 Å². The molecule has 0 bridgehead atoms. The standard InChI is InChI=1S/C63H114O6/c1-4-7-10-13-16-19-22-25-27-29-31-33-35-38-40-43-46-49-52-55-61(64)67-58-60(69-63(66)57-54-51-48-45-42-37-24-21-18-15-12-9-6-3)59-68-62(65)56-53-50-47-44-41-39-36-34-32-30-28-26-23-20-17-14-11-8-5-2/h16,19,21,24-28,60H,4-15,17-18,20,22-23,29-59H2,1-3H3/b19-16-,24-21-,27-25-,28-26-/t60-/m1/s1. The van der Waals surface area contributed by atoms with Gasteiger partial charge in [0.15, 0.2) is 6.10 Å². The maximum atomic E-state index is 12.8. The quantitative estimate of drug-likeness (QED) is 0.0262. The van der Waals surface area contributed by atoms with Crippen LogP contribution in [0.1, 0.15) is 316 Å². The van der Waals surface area contributed by atoms with Crippen molar-refractivity contribution in [1.82, 2.24) is 0 Å². The lowest BCUT2D eigenvalue weighted by Crippen LogP contribution is -2.30. The summed E-state index contributed by atoms with van der Waals surface area (Å²) in [6.07, 6.45) is 71.0. The summed E-state index contributed by atoms with van der Waals surface area (Å²) in [7, 11) is 0. The molecule has 0 aliphatic rings. The molecule has 0 saturated carbocycles. The van der Waals surface area contributed by atoms with Gasteiger partial charge in [-0.1, -0.05) is 243 Å². The topological polar surface area (TPSA) is 78.9 Å². The fourth-order valence-corrected chi connectivity index (χ4v) is 8.70. The van der Waals surface area contributed by atoms with Gasteiger partial charge in [0.05, 0.1) is 0 Å². The summed E-state index contributed by atoms with van der Waals surface area (Å²) < 4.78 is 16.9. The Bertz CT molecular complexity index is 1200. The van der Waals surface area contributed by atoms with Crippen LogP contribution < -0.4 is 0 Å². The van der Waals surface area contributed by atoms with Crippen molar-refractivity contribution in [2.24, 2.45) is 0 Å². The molecule has 0 radical (unpaired) electrons. The molecule has 6 heteroatoms. The third-order valence-electron chi connectivity index (χ3n) is 13.3. The first-order chi connectivity index (χ1) is 34.0. The van der Waals surface area contributed by atoms with Gasteiger partial charge in [-0.3, -0.25) is 14.4 Å². The second-order valence-electron chi connectivity index (χ2n) is 20.2. The van der Waals surface area contributed by atoms with Gasteiger partial charge < -0.3 is 14.2 Å². The molecule has 0 amide bonds. The van der Waals surface area contributed by atoms with E-state index in [4.69, 9.17) is 14.2 Å². The molecule has 0 aliphatic carbocycles. The number of allylic oxidation sites excluding steroid dienone is 8. The van der Waals surface area contributed by atoms with E-state index in [0.29, 0.717) is 19.3 Å². The van der Waals surface area contributed by atoms with Gasteiger partial charge in [-0.2, -0.15) is 0 Å². The number of esters is 3. The maximum Gasteiger partial charge on any atom is 0.306 e. The predicted octanol–water partition coefficient (Wildman–Crippen LogP) is 20.2. The van der Waals surface area contributed by atoms with Crippen LogP contribution in [0.15, 0.2) is 48.6 Å². The molecule has 0 aromatic heterocycles. The molecule has 0 spiro atoms. The van der Waals surface area contributed by atoms with Gasteiger partial charge in [0.2, 0.25) is 0 Å². The van der Waals surface area contributed by atoms with Crippen molar-refractivity contribution < 1.29 is 28.6 Å². The summed E-state index contributed by atoms with van der Waals surface area (Å²) in [5, 5.41) is 0. The summed E-state index contributed by atoms with van der Waals surface area (Å²) >= 11 is 0. The Morgan fingerprint density at radius 1 is 0.290 bits per heavy atom. The molecule has 0 fully saturated rings. The van der Waals surface area contributed by atoms with Gasteiger partial charge in [-0.25, -0.2) is 0 Å². The van der Waals surface area contributed by atoms with Gasteiger partial charge in [-0.05, 0) is 103 Å². The van der Waals surface area contributed by atoms with Crippen LogP contribution >= 0.6 is 0 Å². The molecule has 1 atom stereocenters. The second-order valence-corrected chi connectivity index (χ2v) is 20.2. The van der Waals surface area contributed by atoms with Crippen LogP contribution in [0.5, 0.6) is 0 Å². The molecule has 0 aromatic rings. The number of carbonyl (C=O) groups is 3. The Hall–Kier alpha value is -2.63. The van der Waals surface area contributed by atoms with Crippen molar-refractivity contribution in [2.45, 2.75) is 322 Å². The number of rotatable bonds is 55. The van der Waals surface area contributed by atoms with E-state index in [1.54, 1.807) is 0 Å². The first kappa shape index (κ1) is 66.4. The highest BCUT2D eigenvalue weighted by Gasteiger charge is 2.19. The molecule has 0 aromatic carbocycles. The summed E-state index contributed by atoms with van der Waals surface area (Å²) in [4.78, 5) is 38.2. The zero-order chi connectivity index (χ0) is 50.0. The highest BCUT2D eigenvalue weighted by atomic mass is 16.6. The van der Waals surface area contributed by atoms with E-state index in [1.807, 2.05) is 0 Å². The van der Waals surface area contributed by atoms with E-state index >= 15 is 0 Å². The smallest absolute Gasteiger partial charge is 0.306 e. The zero-order valence-electron chi connectivity index (χ0n) is 46.1. The van der Waals surface area contributed by atoms with Gasteiger partial charge >= 0.3 is 17.9 Å². The van der Waals surface area contributed by atoms with Crippen LogP contribution in [0.25, 0.3) is 0 Å². The Kier molecular flexibility index (Phi) is 55.7. The van der Waals surface area contributed by atoms with E-state index < -0.39 is 6.10 Å². The first-order valence-electron chi connectivity index (χ1n) is 30.1. The van der Waals surface area contributed by atoms with Crippen molar-refractivity contribution in [3.8, 4) is 0 Å². The third kappa shape index (κ3) is 56.2. The molecular weight excluding hydrogens is 853 g/mol. The average Bonchev–Trinajstić information content (AvgIpc) is 3.35. The molecule has 0 saturated heterocycles. The molecular formula is C63H114O6. The van der Waals surface area contributed by atoms with Crippen LogP contribution in [-0.4, -0.2) is 37.2 Å². The van der Waals surface area contributed by atoms with Crippen molar-refractivity contribution in [2.75, 3.05) is 13.2 Å². The number of ether oxygens (including phenoxy) is 3. The largest absolute Gasteiger partial charge is 0.462 e. The van der Waals surface area contributed by atoms with Crippen molar-refractivity contribution in [3.63, 3.8) is 0 Å². The number of unbranched alkanes of at least 4 members (excludes halogenated alkanes) is 36. The minimum atomic E-state index is -0.779. The summed E-state index contributed by atoms with van der Waals surface area (Å²) in [5.41, 5.74) is 0. The Balaban J connectivity index is 4.32. The first-order valence-corrected chi connectivity index (χ1v) is 30.1. The Labute approximate surface area is 428 Å². The molecule has 0 heterocycles. The fourth-order valence-electron chi connectivity index (χ4n) is 8.70. The van der Waals surface area contributed by atoms with E-state index in [-0.39, 0.29) is 31.1 Å². The lowest BCUT2D eigenvalue weighted by Gasteiger charge is -2.18. The normalized spacial score (nSPS) is 12.3. The molecule has 0 N–H and O–H groups in total. The van der Waals surface area contributed by atoms with Crippen LogP contribution in [0.3, 0.4) is 0 Å². The van der Waals surface area contributed by atoms with Gasteiger partial charge in [0.25, 0.3) is 0 Å². The minimum Gasteiger partial charge on any atom is -0.462 e. The summed E-state index contributed by atoms with van der Waals surface area (Å²) in [6.45, 7) is 6.62. The molecule has 6 nitrogen and oxygen atoms in total. The fraction of sp³-hybridized carbons (Fsp3) is 0.825. The number of hydrogen-bond donors (Lipinski definition) is 0. The molecule has 0 aliphatic heterocycles. The molecule has 0 unspecified atom stereocenters. The summed E-state index contributed by atoms with van der Waals surface area (Å²) in [5.74, 6) is -0.877. The molecule has 69 heavy (non-hydrogen) atoms. The van der Waals surface area contributed by atoms with Gasteiger partial charge in [-0.15, -0.1) is 0 Å². The third-order valence-corrected chi connectivity index (χ3v) is 13.3. The van der Waals surface area contributed by atoms with Crippen molar-refractivity contribution >= 4 is 17.9 Å². The van der Waals surface area contributed by atoms with E-state index in [0.717, 1.165) is 77.0 Å². The molecule has 402 valence electrons. The number of carbonyl (C=O) groups excluding carboxylic acids is 3. The lowest BCUT2D eigenvalue weighted by molar-refractivity contribution is -0.167. The van der Waals surface area contributed by atoms with Crippen LogP contribution in [0.4, 0.5) is 0 Å².